The molecule has 0 rings (SSSR count). The van der Waals surface area contributed by atoms with Crippen molar-refractivity contribution in [1.29, 1.82) is 0 Å². The average Bonchev–Trinajstić information content (AvgIpc) is 3.45. The zero-order valence-electron chi connectivity index (χ0n) is 52.9. The fraction of sp³-hybridized carbons (Fsp3) is 0.822. The first kappa shape index (κ1) is 76.1. The molecule has 0 saturated carbocycles. The predicted molar refractivity (Wildman–Crippen MR) is 344 cm³/mol. The number of esters is 3. The van der Waals surface area contributed by atoms with Crippen LogP contribution in [0.15, 0.2) is 60.8 Å². The molecule has 460 valence electrons. The summed E-state index contributed by atoms with van der Waals surface area (Å²) in [6.45, 7) is 6.65. The van der Waals surface area contributed by atoms with E-state index in [4.69, 9.17) is 14.2 Å². The van der Waals surface area contributed by atoms with Gasteiger partial charge in [-0.2, -0.15) is 0 Å². The van der Waals surface area contributed by atoms with Gasteiger partial charge in [0.2, 0.25) is 0 Å². The summed E-state index contributed by atoms with van der Waals surface area (Å²) in [6, 6.07) is 0. The molecule has 1 atom stereocenters. The van der Waals surface area contributed by atoms with E-state index in [1.54, 1.807) is 0 Å². The van der Waals surface area contributed by atoms with Gasteiger partial charge in [-0.15, -0.1) is 0 Å². The van der Waals surface area contributed by atoms with Crippen molar-refractivity contribution in [2.45, 2.75) is 374 Å². The number of carbonyl (C=O) groups excluding carboxylic acids is 3. The molecule has 0 aromatic carbocycles. The second kappa shape index (κ2) is 67.6. The van der Waals surface area contributed by atoms with Gasteiger partial charge in [0.05, 0.1) is 0 Å². The zero-order valence-corrected chi connectivity index (χ0v) is 52.9. The smallest absolute Gasteiger partial charge is 0.306 e. The standard InChI is InChI=1S/C73H132O6/c1-4-7-10-13-16-19-22-25-27-29-31-33-34-35-36-37-38-40-41-43-45-48-51-54-57-60-63-66-72(75)78-69-70(68-77-71(74)65-62-59-56-53-50-47-24-21-18-15-12-9-6-3)79-73(76)67-64-61-58-55-52-49-46-44-42-39-32-30-28-26-23-20-17-14-11-8-5-2/h21,23-24,26,29-32,42,44,70H,4-20,22,25,27-28,33-41,43,45-69H2,1-3H3/b24-21-,26-23-,31-29-,32-30-,44-42-. The summed E-state index contributed by atoms with van der Waals surface area (Å²) < 4.78 is 17.0. The van der Waals surface area contributed by atoms with Gasteiger partial charge >= 0.3 is 17.9 Å². The zero-order chi connectivity index (χ0) is 57.1. The van der Waals surface area contributed by atoms with Crippen LogP contribution >= 0.6 is 0 Å². The van der Waals surface area contributed by atoms with E-state index in [0.717, 1.165) is 89.9 Å². The monoisotopic (exact) mass is 1110 g/mol. The molecule has 0 N–H and O–H groups in total. The number of hydrogen-bond donors (Lipinski definition) is 0. The van der Waals surface area contributed by atoms with Gasteiger partial charge in [-0.25, -0.2) is 0 Å². The third kappa shape index (κ3) is 65.8. The lowest BCUT2D eigenvalue weighted by atomic mass is 10.0. The van der Waals surface area contributed by atoms with Crippen molar-refractivity contribution in [1.82, 2.24) is 0 Å². The molecule has 0 fully saturated rings. The third-order valence-corrected chi connectivity index (χ3v) is 15.5. The van der Waals surface area contributed by atoms with Crippen molar-refractivity contribution in [2.75, 3.05) is 13.2 Å². The van der Waals surface area contributed by atoms with Gasteiger partial charge in [-0.3, -0.25) is 14.4 Å². The molecule has 0 aliphatic carbocycles. The molecular weight excluding hydrogens is 973 g/mol. The van der Waals surface area contributed by atoms with E-state index in [1.807, 2.05) is 0 Å². The highest BCUT2D eigenvalue weighted by molar-refractivity contribution is 5.71. The number of allylic oxidation sites excluding steroid dienone is 10. The van der Waals surface area contributed by atoms with Crippen LogP contribution < -0.4 is 0 Å². The number of hydrogen-bond acceptors (Lipinski definition) is 6. The quantitative estimate of drug-likeness (QED) is 0.0261. The Morgan fingerprint density at radius 1 is 0.253 bits per heavy atom. The van der Waals surface area contributed by atoms with E-state index in [-0.39, 0.29) is 31.1 Å². The number of rotatable bonds is 64. The topological polar surface area (TPSA) is 78.9 Å². The Balaban J connectivity index is 4.27. The van der Waals surface area contributed by atoms with E-state index in [1.165, 1.54) is 238 Å². The fourth-order valence-electron chi connectivity index (χ4n) is 10.2. The molecule has 0 aromatic heterocycles. The SMILES string of the molecule is CCCCCC/C=C\CCCCCCCC(=O)OCC(COC(=O)CCCCCCCCCCCCCCCCC/C=C\CCCCCCCCCC)OC(=O)CCCCCCCC/C=C\C/C=C\C/C=C\CCCCCCC. The first-order chi connectivity index (χ1) is 39.0. The molecule has 6 nitrogen and oxygen atoms in total. The Morgan fingerprint density at radius 2 is 0.456 bits per heavy atom. The molecule has 79 heavy (non-hydrogen) atoms. The average molecular weight is 1110 g/mol. The van der Waals surface area contributed by atoms with E-state index in [0.29, 0.717) is 19.3 Å². The molecular formula is C73H132O6. The molecule has 6 heteroatoms. The maximum absolute atomic E-state index is 12.9. The number of carbonyl (C=O) groups is 3. The Labute approximate surface area is 491 Å². The second-order valence-electron chi connectivity index (χ2n) is 23.4. The van der Waals surface area contributed by atoms with Crippen molar-refractivity contribution < 1.29 is 28.6 Å². The molecule has 0 aliphatic heterocycles. The van der Waals surface area contributed by atoms with Crippen molar-refractivity contribution in [3.63, 3.8) is 0 Å². The summed E-state index contributed by atoms with van der Waals surface area (Å²) in [4.78, 5) is 38.4. The van der Waals surface area contributed by atoms with E-state index in [9.17, 15) is 14.4 Å². The van der Waals surface area contributed by atoms with Crippen molar-refractivity contribution >= 4 is 17.9 Å². The normalized spacial score (nSPS) is 12.4. The molecule has 0 aromatic rings. The Hall–Kier alpha value is -2.89. The Morgan fingerprint density at radius 3 is 0.734 bits per heavy atom. The van der Waals surface area contributed by atoms with Crippen molar-refractivity contribution in [2.24, 2.45) is 0 Å². The second-order valence-corrected chi connectivity index (χ2v) is 23.4. The Bertz CT molecular complexity index is 1410. The van der Waals surface area contributed by atoms with Gasteiger partial charge < -0.3 is 14.2 Å². The molecule has 0 radical (unpaired) electrons. The number of ether oxygens (including phenoxy) is 3. The summed E-state index contributed by atoms with van der Waals surface area (Å²) >= 11 is 0. The van der Waals surface area contributed by atoms with Crippen LogP contribution in [0, 0.1) is 0 Å². The summed E-state index contributed by atoms with van der Waals surface area (Å²) in [5.74, 6) is -0.882. The molecule has 0 spiro atoms. The summed E-state index contributed by atoms with van der Waals surface area (Å²) in [6.07, 6.45) is 86.7. The molecule has 0 bridgehead atoms. The first-order valence-electron chi connectivity index (χ1n) is 34.8. The van der Waals surface area contributed by atoms with Crippen molar-refractivity contribution in [3.8, 4) is 0 Å². The van der Waals surface area contributed by atoms with Crippen LogP contribution in [0.1, 0.15) is 367 Å². The molecule has 0 aliphatic rings. The highest BCUT2D eigenvalue weighted by Crippen LogP contribution is 2.17. The minimum absolute atomic E-state index is 0.0796. The molecule has 0 heterocycles. The van der Waals surface area contributed by atoms with Gasteiger partial charge in [0.25, 0.3) is 0 Å². The van der Waals surface area contributed by atoms with E-state index in [2.05, 4.69) is 81.5 Å². The van der Waals surface area contributed by atoms with Gasteiger partial charge in [-0.1, -0.05) is 300 Å². The minimum atomic E-state index is -0.785. The summed E-state index contributed by atoms with van der Waals surface area (Å²) in [5.41, 5.74) is 0. The first-order valence-corrected chi connectivity index (χ1v) is 34.8. The van der Waals surface area contributed by atoms with Crippen LogP contribution in [-0.2, 0) is 28.6 Å². The van der Waals surface area contributed by atoms with E-state index < -0.39 is 6.10 Å². The Kier molecular flexibility index (Phi) is 65.1. The summed E-state index contributed by atoms with van der Waals surface area (Å²) in [5, 5.41) is 0. The van der Waals surface area contributed by atoms with Gasteiger partial charge in [0.15, 0.2) is 6.10 Å². The van der Waals surface area contributed by atoms with Crippen molar-refractivity contribution in [3.05, 3.63) is 60.8 Å². The lowest BCUT2D eigenvalue weighted by Crippen LogP contribution is -2.30. The highest BCUT2D eigenvalue weighted by atomic mass is 16.6. The third-order valence-electron chi connectivity index (χ3n) is 15.5. The lowest BCUT2D eigenvalue weighted by Gasteiger charge is -2.18. The highest BCUT2D eigenvalue weighted by Gasteiger charge is 2.19. The van der Waals surface area contributed by atoms with Gasteiger partial charge in [0.1, 0.15) is 13.2 Å². The van der Waals surface area contributed by atoms with Gasteiger partial charge in [0, 0.05) is 19.3 Å². The van der Waals surface area contributed by atoms with E-state index >= 15 is 0 Å². The molecule has 1 unspecified atom stereocenters. The maximum atomic E-state index is 12.9. The minimum Gasteiger partial charge on any atom is -0.462 e. The maximum Gasteiger partial charge on any atom is 0.306 e. The van der Waals surface area contributed by atoms with Gasteiger partial charge in [-0.05, 0) is 109 Å². The lowest BCUT2D eigenvalue weighted by molar-refractivity contribution is -0.167. The van der Waals surface area contributed by atoms with Crippen LogP contribution in [0.4, 0.5) is 0 Å². The van der Waals surface area contributed by atoms with Crippen LogP contribution in [0.25, 0.3) is 0 Å². The largest absolute Gasteiger partial charge is 0.462 e. The number of unbranched alkanes of at least 4 members (excludes halogenated alkanes) is 43. The van der Waals surface area contributed by atoms with Crippen LogP contribution in [0.5, 0.6) is 0 Å². The molecule has 0 amide bonds. The van der Waals surface area contributed by atoms with Crippen LogP contribution in [-0.4, -0.2) is 37.2 Å². The summed E-state index contributed by atoms with van der Waals surface area (Å²) in [7, 11) is 0. The fourth-order valence-corrected chi connectivity index (χ4v) is 10.2. The van der Waals surface area contributed by atoms with Crippen LogP contribution in [0.2, 0.25) is 0 Å². The van der Waals surface area contributed by atoms with Crippen LogP contribution in [0.3, 0.4) is 0 Å². The predicted octanol–water partition coefficient (Wildman–Crippen LogP) is 23.9. The molecule has 0 saturated heterocycles.